The predicted molar refractivity (Wildman–Crippen MR) is 87.0 cm³/mol. The van der Waals surface area contributed by atoms with Crippen molar-refractivity contribution < 1.29 is 27.8 Å². The normalized spacial score (nSPS) is 21.4. The van der Waals surface area contributed by atoms with Crippen LogP contribution in [0, 0.1) is 5.92 Å². The zero-order chi connectivity index (χ0) is 18.3. The Hall–Kier alpha value is -1.76. The summed E-state index contributed by atoms with van der Waals surface area (Å²) in [4.78, 5) is 12.2. The van der Waals surface area contributed by atoms with Crippen LogP contribution in [0.5, 0.6) is 5.75 Å². The number of para-hydroxylation sites is 1. The third kappa shape index (κ3) is 6.57. The third-order valence-corrected chi connectivity index (χ3v) is 4.56. The van der Waals surface area contributed by atoms with Crippen molar-refractivity contribution in [3.8, 4) is 5.75 Å². The van der Waals surface area contributed by atoms with E-state index in [-0.39, 0.29) is 43.1 Å². The summed E-state index contributed by atoms with van der Waals surface area (Å²) in [7, 11) is 0. The van der Waals surface area contributed by atoms with E-state index in [1.807, 2.05) is 0 Å². The molecule has 1 saturated carbocycles. The van der Waals surface area contributed by atoms with E-state index in [2.05, 4.69) is 10.1 Å². The molecule has 4 nitrogen and oxygen atoms in total. The van der Waals surface area contributed by atoms with Crippen LogP contribution in [-0.2, 0) is 11.2 Å². The molecule has 0 spiro atoms. The molecule has 2 atom stereocenters. The molecule has 1 aromatic rings. The highest BCUT2D eigenvalue weighted by Crippen LogP contribution is 2.27. The number of aliphatic hydroxyl groups excluding tert-OH is 1. The molecule has 0 aliphatic heterocycles. The van der Waals surface area contributed by atoms with Crippen molar-refractivity contribution in [2.75, 3.05) is 6.61 Å². The number of aliphatic hydroxyl groups is 1. The Morgan fingerprint density at radius 2 is 1.92 bits per heavy atom. The number of benzene rings is 1. The molecule has 25 heavy (non-hydrogen) atoms. The molecular formula is C18H24F3NO3. The lowest BCUT2D eigenvalue weighted by Crippen LogP contribution is -2.41. The van der Waals surface area contributed by atoms with Crippen LogP contribution in [-0.4, -0.2) is 30.0 Å². The minimum atomic E-state index is -4.76. The third-order valence-electron chi connectivity index (χ3n) is 4.56. The van der Waals surface area contributed by atoms with Gasteiger partial charge in [0.2, 0.25) is 5.91 Å². The number of hydrogen-bond donors (Lipinski definition) is 2. The largest absolute Gasteiger partial charge is 0.573 e. The number of carbonyl (C=O) groups is 1. The quantitative estimate of drug-likeness (QED) is 0.764. The number of hydrogen-bond acceptors (Lipinski definition) is 3. The Labute approximate surface area is 145 Å². The summed E-state index contributed by atoms with van der Waals surface area (Å²) in [5.74, 6) is -0.440. The second kappa shape index (κ2) is 9.08. The molecule has 1 aliphatic rings. The number of nitrogens with one attached hydrogen (secondary N) is 1. The monoisotopic (exact) mass is 359 g/mol. The fourth-order valence-electron chi connectivity index (χ4n) is 3.25. The van der Waals surface area contributed by atoms with E-state index in [9.17, 15) is 23.1 Å². The van der Waals surface area contributed by atoms with Crippen molar-refractivity contribution >= 4 is 5.91 Å². The lowest BCUT2D eigenvalue weighted by Gasteiger charge is -2.24. The summed E-state index contributed by atoms with van der Waals surface area (Å²) in [6.07, 6.45) is 0.317. The molecule has 0 saturated heterocycles. The van der Waals surface area contributed by atoms with Gasteiger partial charge >= 0.3 is 6.36 Å². The summed E-state index contributed by atoms with van der Waals surface area (Å²) in [5, 5.41) is 12.4. The van der Waals surface area contributed by atoms with Crippen LogP contribution in [0.4, 0.5) is 13.2 Å². The van der Waals surface area contributed by atoms with E-state index in [1.54, 1.807) is 6.07 Å². The van der Waals surface area contributed by atoms with Gasteiger partial charge in [0.15, 0.2) is 0 Å². The SMILES string of the molecule is O=C(CCc1ccccc1OC(F)(F)F)NC1CCCCCC1CO. The van der Waals surface area contributed by atoms with Gasteiger partial charge in [0, 0.05) is 25.0 Å². The topological polar surface area (TPSA) is 58.6 Å². The summed E-state index contributed by atoms with van der Waals surface area (Å²) >= 11 is 0. The summed E-state index contributed by atoms with van der Waals surface area (Å²) in [6, 6.07) is 5.78. The maximum Gasteiger partial charge on any atom is 0.573 e. The standard InChI is InChI=1S/C18H24F3NO3/c19-18(20,21)25-16-9-5-4-6-13(16)10-11-17(24)22-15-8-3-1-2-7-14(15)12-23/h4-6,9,14-15,23H,1-3,7-8,10-12H2,(H,22,24). The van der Waals surface area contributed by atoms with Crippen molar-refractivity contribution in [1.82, 2.24) is 5.32 Å². The highest BCUT2D eigenvalue weighted by Gasteiger charge is 2.32. The van der Waals surface area contributed by atoms with Crippen molar-refractivity contribution in [3.05, 3.63) is 29.8 Å². The molecule has 1 aromatic carbocycles. The Bertz CT molecular complexity index is 563. The lowest BCUT2D eigenvalue weighted by atomic mass is 9.95. The Morgan fingerprint density at radius 1 is 1.20 bits per heavy atom. The molecule has 0 heterocycles. The van der Waals surface area contributed by atoms with E-state index >= 15 is 0 Å². The molecule has 2 unspecified atom stereocenters. The number of rotatable bonds is 6. The van der Waals surface area contributed by atoms with Crippen LogP contribution < -0.4 is 10.1 Å². The summed E-state index contributed by atoms with van der Waals surface area (Å²) in [5.41, 5.74) is 0.342. The van der Waals surface area contributed by atoms with E-state index in [0.717, 1.165) is 32.1 Å². The first-order valence-electron chi connectivity index (χ1n) is 8.63. The first-order chi connectivity index (χ1) is 11.9. The molecule has 0 radical (unpaired) electrons. The fourth-order valence-corrected chi connectivity index (χ4v) is 3.25. The van der Waals surface area contributed by atoms with Crippen LogP contribution in [0.3, 0.4) is 0 Å². The van der Waals surface area contributed by atoms with Gasteiger partial charge in [-0.05, 0) is 30.9 Å². The number of halogens is 3. The van der Waals surface area contributed by atoms with Gasteiger partial charge in [0.1, 0.15) is 5.75 Å². The van der Waals surface area contributed by atoms with Gasteiger partial charge in [0.05, 0.1) is 0 Å². The van der Waals surface area contributed by atoms with E-state index in [4.69, 9.17) is 0 Å². The molecule has 2 N–H and O–H groups in total. The molecule has 2 rings (SSSR count). The van der Waals surface area contributed by atoms with Crippen molar-refractivity contribution in [2.45, 2.75) is 57.3 Å². The van der Waals surface area contributed by atoms with Crippen LogP contribution in [0.15, 0.2) is 24.3 Å². The highest BCUT2D eigenvalue weighted by atomic mass is 19.4. The number of aryl methyl sites for hydroxylation is 1. The van der Waals surface area contributed by atoms with E-state index in [1.165, 1.54) is 18.2 Å². The predicted octanol–water partition coefficient (Wildman–Crippen LogP) is 3.58. The number of amides is 1. The molecule has 0 bridgehead atoms. The van der Waals surface area contributed by atoms with E-state index in [0.29, 0.717) is 5.56 Å². The zero-order valence-corrected chi connectivity index (χ0v) is 14.0. The van der Waals surface area contributed by atoms with Crippen molar-refractivity contribution in [3.63, 3.8) is 0 Å². The van der Waals surface area contributed by atoms with E-state index < -0.39 is 6.36 Å². The Kier molecular flexibility index (Phi) is 7.11. The average molecular weight is 359 g/mol. The van der Waals surface area contributed by atoms with Crippen LogP contribution in [0.25, 0.3) is 0 Å². The molecule has 7 heteroatoms. The number of ether oxygens (including phenoxy) is 1. The van der Waals surface area contributed by atoms with Gasteiger partial charge in [-0.1, -0.05) is 37.5 Å². The smallest absolute Gasteiger partial charge is 0.406 e. The molecular weight excluding hydrogens is 335 g/mol. The van der Waals surface area contributed by atoms with Crippen LogP contribution in [0.2, 0.25) is 0 Å². The average Bonchev–Trinajstić information content (AvgIpc) is 2.77. The van der Waals surface area contributed by atoms with Gasteiger partial charge in [-0.25, -0.2) is 0 Å². The molecule has 140 valence electrons. The Morgan fingerprint density at radius 3 is 2.64 bits per heavy atom. The number of alkyl halides is 3. The van der Waals surface area contributed by atoms with Crippen LogP contribution in [0.1, 0.15) is 44.1 Å². The minimum Gasteiger partial charge on any atom is -0.406 e. The molecule has 1 aliphatic carbocycles. The fraction of sp³-hybridized carbons (Fsp3) is 0.611. The minimum absolute atomic E-state index is 0.0349. The van der Waals surface area contributed by atoms with Gasteiger partial charge in [-0.15, -0.1) is 13.2 Å². The van der Waals surface area contributed by atoms with Gasteiger partial charge in [-0.3, -0.25) is 4.79 Å². The van der Waals surface area contributed by atoms with Gasteiger partial charge in [0.25, 0.3) is 0 Å². The maximum absolute atomic E-state index is 12.4. The molecule has 0 aromatic heterocycles. The molecule has 1 fully saturated rings. The Balaban J connectivity index is 1.91. The second-order valence-electron chi connectivity index (χ2n) is 6.41. The van der Waals surface area contributed by atoms with Crippen molar-refractivity contribution in [1.29, 1.82) is 0 Å². The summed E-state index contributed by atoms with van der Waals surface area (Å²) in [6.45, 7) is 0.0349. The first-order valence-corrected chi connectivity index (χ1v) is 8.63. The zero-order valence-electron chi connectivity index (χ0n) is 14.0. The van der Waals surface area contributed by atoms with Gasteiger partial charge in [-0.2, -0.15) is 0 Å². The van der Waals surface area contributed by atoms with Crippen LogP contribution >= 0.6 is 0 Å². The van der Waals surface area contributed by atoms with Crippen molar-refractivity contribution in [2.24, 2.45) is 5.92 Å². The second-order valence-corrected chi connectivity index (χ2v) is 6.41. The summed E-state index contributed by atoms with van der Waals surface area (Å²) < 4.78 is 41.3. The maximum atomic E-state index is 12.4. The van der Waals surface area contributed by atoms with Gasteiger partial charge < -0.3 is 15.2 Å². The molecule has 1 amide bonds. The number of carbonyl (C=O) groups excluding carboxylic acids is 1. The first kappa shape index (κ1) is 19.6. The lowest BCUT2D eigenvalue weighted by molar-refractivity contribution is -0.274. The highest BCUT2D eigenvalue weighted by molar-refractivity contribution is 5.76.